The number of guanidine groups is 1. The average Bonchev–Trinajstić information content (AvgIpc) is 3.21. The molecule has 2 rings (SSSR count). The first-order valence-electron chi connectivity index (χ1n) is 11.8. The molecule has 1 aliphatic heterocycles. The molecule has 1 heterocycles. The van der Waals surface area contributed by atoms with E-state index in [0.717, 1.165) is 38.4 Å². The van der Waals surface area contributed by atoms with Crippen LogP contribution in [0.1, 0.15) is 66.2 Å². The van der Waals surface area contributed by atoms with Crippen molar-refractivity contribution in [2.75, 3.05) is 46.8 Å². The van der Waals surface area contributed by atoms with Gasteiger partial charge < -0.3 is 24.8 Å². The minimum Gasteiger partial charge on any atom is -0.444 e. The van der Waals surface area contributed by atoms with Crippen molar-refractivity contribution >= 4 is 18.0 Å². The molecule has 2 amide bonds. The van der Waals surface area contributed by atoms with Crippen LogP contribution in [0, 0.1) is 5.92 Å². The van der Waals surface area contributed by atoms with E-state index >= 15 is 0 Å². The molecule has 0 spiro atoms. The first kappa shape index (κ1) is 25.3. The van der Waals surface area contributed by atoms with Gasteiger partial charge in [0.25, 0.3) is 0 Å². The number of nitrogens with one attached hydrogen (secondary N) is 1. The SMILES string of the molecule is CCN(CC1CCN(C(=NCC(=O)N(C)C)NC2CCCC2)CC1)C(=O)OC(C)(C)C. The Bertz CT molecular complexity index is 615. The van der Waals surface area contributed by atoms with Gasteiger partial charge in [-0.25, -0.2) is 9.79 Å². The Morgan fingerprint density at radius 3 is 2.23 bits per heavy atom. The van der Waals surface area contributed by atoms with Crippen LogP contribution >= 0.6 is 0 Å². The zero-order valence-electron chi connectivity index (χ0n) is 20.4. The van der Waals surface area contributed by atoms with Gasteiger partial charge in [-0.2, -0.15) is 0 Å². The smallest absolute Gasteiger partial charge is 0.410 e. The second-order valence-corrected chi connectivity index (χ2v) is 10.0. The summed E-state index contributed by atoms with van der Waals surface area (Å²) in [5.41, 5.74) is -0.477. The van der Waals surface area contributed by atoms with E-state index in [1.54, 1.807) is 19.0 Å². The van der Waals surface area contributed by atoms with Crippen LogP contribution in [0.5, 0.6) is 0 Å². The van der Waals surface area contributed by atoms with Crippen LogP contribution in [-0.2, 0) is 9.53 Å². The van der Waals surface area contributed by atoms with Crippen molar-refractivity contribution in [3.63, 3.8) is 0 Å². The highest BCUT2D eigenvalue weighted by Gasteiger charge is 2.28. The first-order valence-corrected chi connectivity index (χ1v) is 11.8. The molecule has 31 heavy (non-hydrogen) atoms. The second kappa shape index (κ2) is 11.6. The van der Waals surface area contributed by atoms with Crippen molar-refractivity contribution in [1.82, 2.24) is 20.0 Å². The number of piperidine rings is 1. The van der Waals surface area contributed by atoms with Gasteiger partial charge in [-0.05, 0) is 59.3 Å². The first-order chi connectivity index (χ1) is 14.6. The predicted octanol–water partition coefficient (Wildman–Crippen LogP) is 2.93. The summed E-state index contributed by atoms with van der Waals surface area (Å²) in [5, 5.41) is 3.61. The van der Waals surface area contributed by atoms with Gasteiger partial charge >= 0.3 is 6.09 Å². The summed E-state index contributed by atoms with van der Waals surface area (Å²) in [7, 11) is 3.52. The van der Waals surface area contributed by atoms with Crippen LogP contribution in [0.4, 0.5) is 4.79 Å². The Labute approximate surface area is 188 Å². The van der Waals surface area contributed by atoms with Gasteiger partial charge in [0.05, 0.1) is 0 Å². The van der Waals surface area contributed by atoms with E-state index < -0.39 is 5.60 Å². The lowest BCUT2D eigenvalue weighted by Crippen LogP contribution is -2.50. The maximum Gasteiger partial charge on any atom is 0.410 e. The number of carbonyl (C=O) groups is 2. The molecular weight excluding hydrogens is 394 g/mol. The Balaban J connectivity index is 1.93. The Kier molecular flexibility index (Phi) is 9.44. The van der Waals surface area contributed by atoms with Crippen molar-refractivity contribution in [2.45, 2.75) is 77.9 Å². The molecule has 1 aliphatic carbocycles. The predicted molar refractivity (Wildman–Crippen MR) is 124 cm³/mol. The minimum atomic E-state index is -0.477. The molecule has 0 unspecified atom stereocenters. The monoisotopic (exact) mass is 437 g/mol. The summed E-state index contributed by atoms with van der Waals surface area (Å²) in [5.74, 6) is 1.32. The molecule has 178 valence electrons. The van der Waals surface area contributed by atoms with Gasteiger partial charge in [-0.15, -0.1) is 0 Å². The number of likely N-dealkylation sites (tertiary alicyclic amines) is 1. The highest BCUT2D eigenvalue weighted by Crippen LogP contribution is 2.22. The van der Waals surface area contributed by atoms with Crippen LogP contribution in [0.3, 0.4) is 0 Å². The van der Waals surface area contributed by atoms with E-state index in [-0.39, 0.29) is 18.5 Å². The maximum absolute atomic E-state index is 12.5. The molecule has 8 heteroatoms. The Hall–Kier alpha value is -1.99. The zero-order chi connectivity index (χ0) is 23.0. The quantitative estimate of drug-likeness (QED) is 0.511. The third kappa shape index (κ3) is 8.57. The third-order valence-corrected chi connectivity index (χ3v) is 5.98. The van der Waals surface area contributed by atoms with E-state index in [2.05, 4.69) is 15.2 Å². The standard InChI is InChI=1S/C23H43N5O3/c1-7-27(22(30)31-23(2,3)4)17-18-12-14-28(15-13-18)21(24-16-20(29)26(5)6)25-19-10-8-9-11-19/h18-19H,7-17H2,1-6H3,(H,24,25). The van der Waals surface area contributed by atoms with E-state index in [9.17, 15) is 9.59 Å². The van der Waals surface area contributed by atoms with Crippen molar-refractivity contribution < 1.29 is 14.3 Å². The summed E-state index contributed by atoms with van der Waals surface area (Å²) in [6.07, 6.45) is 6.59. The Morgan fingerprint density at radius 1 is 1.10 bits per heavy atom. The largest absolute Gasteiger partial charge is 0.444 e. The van der Waals surface area contributed by atoms with Crippen LogP contribution in [-0.4, -0.2) is 91.1 Å². The molecule has 0 aromatic heterocycles. The number of hydrogen-bond donors (Lipinski definition) is 1. The van der Waals surface area contributed by atoms with Gasteiger partial charge in [0.1, 0.15) is 12.1 Å². The fraction of sp³-hybridized carbons (Fsp3) is 0.870. The molecule has 0 atom stereocenters. The van der Waals surface area contributed by atoms with Crippen molar-refractivity contribution in [3.05, 3.63) is 0 Å². The average molecular weight is 438 g/mol. The molecule has 1 N–H and O–H groups in total. The number of hydrogen-bond acceptors (Lipinski definition) is 4. The summed E-state index contributed by atoms with van der Waals surface area (Å²) >= 11 is 0. The topological polar surface area (TPSA) is 77.5 Å². The molecule has 2 fully saturated rings. The van der Waals surface area contributed by atoms with Crippen LogP contribution < -0.4 is 5.32 Å². The highest BCUT2D eigenvalue weighted by molar-refractivity contribution is 5.85. The lowest BCUT2D eigenvalue weighted by molar-refractivity contribution is -0.127. The summed E-state index contributed by atoms with van der Waals surface area (Å²) < 4.78 is 5.55. The molecule has 1 saturated heterocycles. The molecule has 0 radical (unpaired) electrons. The van der Waals surface area contributed by atoms with Crippen LogP contribution in [0.15, 0.2) is 4.99 Å². The maximum atomic E-state index is 12.5. The number of nitrogens with zero attached hydrogens (tertiary/aromatic N) is 4. The van der Waals surface area contributed by atoms with E-state index in [1.165, 1.54) is 25.7 Å². The number of carbonyl (C=O) groups excluding carboxylic acids is 2. The second-order valence-electron chi connectivity index (χ2n) is 10.0. The molecule has 0 bridgehead atoms. The van der Waals surface area contributed by atoms with Gasteiger partial charge in [-0.1, -0.05) is 12.8 Å². The van der Waals surface area contributed by atoms with Crippen molar-refractivity contribution in [2.24, 2.45) is 10.9 Å². The van der Waals surface area contributed by atoms with E-state index in [1.807, 2.05) is 32.6 Å². The number of aliphatic imine (C=N–C) groups is 1. The lowest BCUT2D eigenvalue weighted by Gasteiger charge is -2.37. The number of likely N-dealkylation sites (N-methyl/N-ethyl adjacent to an activating group) is 1. The zero-order valence-corrected chi connectivity index (χ0v) is 20.4. The molecule has 2 aliphatic rings. The van der Waals surface area contributed by atoms with Gasteiger partial charge in [0.2, 0.25) is 5.91 Å². The molecule has 0 aromatic rings. The normalized spacial score (nSPS) is 18.8. The van der Waals surface area contributed by atoms with Crippen molar-refractivity contribution in [3.8, 4) is 0 Å². The van der Waals surface area contributed by atoms with E-state index in [4.69, 9.17) is 4.74 Å². The molecular formula is C23H43N5O3. The summed E-state index contributed by atoms with van der Waals surface area (Å²) in [6.45, 7) is 11.0. The van der Waals surface area contributed by atoms with Crippen LogP contribution in [0.2, 0.25) is 0 Å². The fourth-order valence-electron chi connectivity index (χ4n) is 4.07. The molecule has 0 aromatic carbocycles. The van der Waals surface area contributed by atoms with Gasteiger partial charge in [-0.3, -0.25) is 4.79 Å². The molecule has 1 saturated carbocycles. The lowest BCUT2D eigenvalue weighted by atomic mass is 9.96. The Morgan fingerprint density at radius 2 is 1.71 bits per heavy atom. The number of amides is 2. The van der Waals surface area contributed by atoms with Crippen molar-refractivity contribution in [1.29, 1.82) is 0 Å². The fourth-order valence-corrected chi connectivity index (χ4v) is 4.07. The molecule has 8 nitrogen and oxygen atoms in total. The summed E-state index contributed by atoms with van der Waals surface area (Å²) in [4.78, 5) is 34.9. The number of ether oxygens (including phenoxy) is 1. The number of rotatable bonds is 6. The minimum absolute atomic E-state index is 0.0107. The van der Waals surface area contributed by atoms with Crippen LogP contribution in [0.25, 0.3) is 0 Å². The van der Waals surface area contributed by atoms with E-state index in [0.29, 0.717) is 18.5 Å². The highest BCUT2D eigenvalue weighted by atomic mass is 16.6. The summed E-state index contributed by atoms with van der Waals surface area (Å²) in [6, 6.07) is 0.452. The third-order valence-electron chi connectivity index (χ3n) is 5.98. The van der Waals surface area contributed by atoms with Gasteiger partial charge in [0.15, 0.2) is 5.96 Å². The van der Waals surface area contributed by atoms with Gasteiger partial charge in [0, 0.05) is 46.3 Å².